The van der Waals surface area contributed by atoms with E-state index >= 15 is 20.4 Å². The molecule has 10 aromatic carbocycles. The van der Waals surface area contributed by atoms with Crippen LogP contribution in [-0.4, -0.2) is 65.3 Å². The average molecular weight is 1030 g/mol. The fourth-order valence-corrected chi connectivity index (χ4v) is 12.7. The molecular formula is C72H66O6. The minimum absolute atomic E-state index is 0.456. The van der Waals surface area contributed by atoms with E-state index in [2.05, 4.69) is 0 Å². The van der Waals surface area contributed by atoms with E-state index in [0.717, 1.165) is 0 Å². The highest BCUT2D eigenvalue weighted by molar-refractivity contribution is 5.57. The van der Waals surface area contributed by atoms with E-state index in [4.69, 9.17) is 0 Å². The highest BCUT2D eigenvalue weighted by atomic mass is 16.4. The first-order chi connectivity index (χ1) is 38.0. The summed E-state index contributed by atoms with van der Waals surface area (Å²) in [5.74, 6) is 0. The Hall–Kier alpha value is -8.04. The molecule has 0 aliphatic carbocycles. The lowest BCUT2D eigenvalue weighted by molar-refractivity contribution is -0.336. The second-order valence-electron chi connectivity index (χ2n) is 20.8. The van der Waals surface area contributed by atoms with Gasteiger partial charge in [0.2, 0.25) is 0 Å². The van der Waals surface area contributed by atoms with Crippen molar-refractivity contribution in [1.29, 1.82) is 0 Å². The predicted octanol–water partition coefficient (Wildman–Crippen LogP) is 11.7. The molecule has 0 saturated carbocycles. The molecule has 6 nitrogen and oxygen atoms in total. The van der Waals surface area contributed by atoms with E-state index in [1.165, 1.54) is 0 Å². The first kappa shape index (κ1) is 53.4. The minimum Gasteiger partial charge on any atom is -0.388 e. The fourth-order valence-electron chi connectivity index (χ4n) is 12.7. The van der Waals surface area contributed by atoms with Gasteiger partial charge in [0.05, 0.1) is 10.8 Å². The van der Waals surface area contributed by atoms with Gasteiger partial charge in [-0.2, -0.15) is 0 Å². The molecule has 10 rings (SSSR count). The third kappa shape index (κ3) is 9.51. The lowest BCUT2D eigenvalue weighted by Crippen LogP contribution is -2.84. The van der Waals surface area contributed by atoms with Gasteiger partial charge in [0, 0.05) is 25.7 Å². The molecule has 0 saturated heterocycles. The number of benzene rings is 10. The molecule has 0 aliphatic heterocycles. The number of hydrogen-bond donors (Lipinski definition) is 6. The third-order valence-electron chi connectivity index (χ3n) is 16.5. The van der Waals surface area contributed by atoms with Crippen LogP contribution in [0, 0.1) is 0 Å². The van der Waals surface area contributed by atoms with E-state index in [9.17, 15) is 10.2 Å². The molecule has 6 N–H and O–H groups in total. The van der Waals surface area contributed by atoms with Gasteiger partial charge in [0.25, 0.3) is 0 Å². The minimum atomic E-state index is -3.06. The Morgan fingerprint density at radius 1 is 0.218 bits per heavy atom. The van der Waals surface area contributed by atoms with Crippen LogP contribution in [0.15, 0.2) is 303 Å². The molecular weight excluding hydrogens is 961 g/mol. The highest BCUT2D eigenvalue weighted by Gasteiger charge is 2.75. The smallest absolute Gasteiger partial charge is 0.132 e. The molecule has 10 aromatic rings. The number of hydrogen-bond acceptors (Lipinski definition) is 6. The summed E-state index contributed by atoms with van der Waals surface area (Å²) in [5.41, 5.74) is -9.78. The van der Waals surface area contributed by atoms with Gasteiger partial charge >= 0.3 is 0 Å². The molecule has 0 radical (unpaired) electrons. The summed E-state index contributed by atoms with van der Waals surface area (Å²) in [5, 5.41) is 91.5. The second kappa shape index (κ2) is 22.9. The third-order valence-corrected chi connectivity index (χ3v) is 16.5. The summed E-state index contributed by atoms with van der Waals surface area (Å²) < 4.78 is 0. The molecule has 0 spiro atoms. The summed E-state index contributed by atoms with van der Waals surface area (Å²) in [6.45, 7) is 0. The lowest BCUT2D eigenvalue weighted by atomic mass is 9.48. The van der Waals surface area contributed by atoms with Crippen molar-refractivity contribution >= 4 is 0 Å². The van der Waals surface area contributed by atoms with Gasteiger partial charge < -0.3 is 30.6 Å². The van der Waals surface area contributed by atoms with E-state index in [-0.39, 0.29) is 0 Å². The van der Waals surface area contributed by atoms with E-state index in [1.54, 1.807) is 24.3 Å². The Kier molecular flexibility index (Phi) is 15.7. The summed E-state index contributed by atoms with van der Waals surface area (Å²) in [6, 6.07) is 93.3. The van der Waals surface area contributed by atoms with Crippen molar-refractivity contribution in [2.75, 3.05) is 0 Å². The largest absolute Gasteiger partial charge is 0.388 e. The number of aliphatic hydroxyl groups excluding tert-OH is 2. The van der Waals surface area contributed by atoms with Crippen molar-refractivity contribution in [3.8, 4) is 0 Å². The van der Waals surface area contributed by atoms with Crippen LogP contribution in [-0.2, 0) is 36.5 Å². The summed E-state index contributed by atoms with van der Waals surface area (Å²) in [4.78, 5) is 0. The molecule has 0 aromatic heterocycles. The summed E-state index contributed by atoms with van der Waals surface area (Å²) in [7, 11) is 0. The van der Waals surface area contributed by atoms with Crippen molar-refractivity contribution in [3.05, 3.63) is 359 Å². The lowest BCUT2D eigenvalue weighted by Gasteiger charge is -2.63. The van der Waals surface area contributed by atoms with Crippen molar-refractivity contribution in [2.24, 2.45) is 0 Å². The number of aliphatic hydroxyl groups is 6. The molecule has 0 heterocycles. The van der Waals surface area contributed by atoms with E-state index in [0.29, 0.717) is 55.6 Å². The molecule has 0 bridgehead atoms. The maximum atomic E-state index is 15.6. The summed E-state index contributed by atoms with van der Waals surface area (Å²) in [6.07, 6.45) is -6.11. The van der Waals surface area contributed by atoms with Crippen molar-refractivity contribution in [1.82, 2.24) is 0 Å². The Morgan fingerprint density at radius 3 is 0.551 bits per heavy atom. The summed E-state index contributed by atoms with van der Waals surface area (Å²) >= 11 is 0. The first-order valence-electron chi connectivity index (χ1n) is 26.8. The van der Waals surface area contributed by atoms with Crippen LogP contribution in [0.4, 0.5) is 0 Å². The molecule has 2 unspecified atom stereocenters. The average Bonchev–Trinajstić information content (AvgIpc) is 3.02. The zero-order valence-corrected chi connectivity index (χ0v) is 43.5. The SMILES string of the molecule is OC(C(c1ccccc1)(c1ccccc1)c1ccccc1)[C@](O)(Cc1ccccc1)[C@@](O)(Cc1ccccc1)[C@](O)(Cc1ccccc1)[C@@](O)(Cc1ccccc1)C(O)C(c1ccccc1)(c1ccccc1)c1ccccc1. The second-order valence-corrected chi connectivity index (χ2v) is 20.8. The van der Waals surface area contributed by atoms with Gasteiger partial charge in [-0.05, 0) is 55.6 Å². The molecule has 6 heteroatoms. The van der Waals surface area contributed by atoms with Crippen molar-refractivity contribution in [3.63, 3.8) is 0 Å². The fraction of sp³-hybridized carbons (Fsp3) is 0.167. The van der Waals surface area contributed by atoms with Gasteiger partial charge in [-0.25, -0.2) is 0 Å². The Bertz CT molecular complexity index is 2990. The molecule has 0 amide bonds. The van der Waals surface area contributed by atoms with Crippen LogP contribution in [0.5, 0.6) is 0 Å². The maximum Gasteiger partial charge on any atom is 0.132 e. The zero-order valence-electron chi connectivity index (χ0n) is 43.5. The monoisotopic (exact) mass is 1030 g/mol. The normalized spacial score (nSPS) is 15.8. The van der Waals surface area contributed by atoms with Crippen molar-refractivity contribution in [2.45, 2.75) is 71.1 Å². The van der Waals surface area contributed by atoms with Crippen molar-refractivity contribution < 1.29 is 30.6 Å². The zero-order chi connectivity index (χ0) is 54.1. The van der Waals surface area contributed by atoms with Gasteiger partial charge in [0.15, 0.2) is 0 Å². The van der Waals surface area contributed by atoms with Crippen LogP contribution in [0.2, 0.25) is 0 Å². The van der Waals surface area contributed by atoms with E-state index in [1.807, 2.05) is 279 Å². The van der Waals surface area contributed by atoms with Gasteiger partial charge in [-0.15, -0.1) is 0 Å². The Balaban J connectivity index is 1.39. The molecule has 6 atom stereocenters. The molecule has 0 fully saturated rings. The van der Waals surface area contributed by atoms with Gasteiger partial charge in [-0.3, -0.25) is 0 Å². The molecule has 0 aliphatic rings. The maximum absolute atomic E-state index is 15.6. The van der Waals surface area contributed by atoms with Crippen LogP contribution >= 0.6 is 0 Å². The quantitative estimate of drug-likeness (QED) is 0.0399. The van der Waals surface area contributed by atoms with Crippen LogP contribution < -0.4 is 0 Å². The van der Waals surface area contributed by atoms with Crippen LogP contribution in [0.3, 0.4) is 0 Å². The highest BCUT2D eigenvalue weighted by Crippen LogP contribution is 2.58. The van der Waals surface area contributed by atoms with Crippen LogP contribution in [0.1, 0.15) is 55.6 Å². The predicted molar refractivity (Wildman–Crippen MR) is 311 cm³/mol. The van der Waals surface area contributed by atoms with Crippen LogP contribution in [0.25, 0.3) is 0 Å². The Morgan fingerprint density at radius 2 is 0.372 bits per heavy atom. The van der Waals surface area contributed by atoms with Gasteiger partial charge in [-0.1, -0.05) is 303 Å². The molecule has 78 heavy (non-hydrogen) atoms. The topological polar surface area (TPSA) is 121 Å². The molecule has 390 valence electrons. The van der Waals surface area contributed by atoms with Gasteiger partial charge in [0.1, 0.15) is 34.6 Å². The van der Waals surface area contributed by atoms with E-state index < -0.39 is 71.1 Å². The first-order valence-corrected chi connectivity index (χ1v) is 26.8. The Labute approximate surface area is 458 Å². The standard InChI is InChI=1S/C72H66O6/c73-65(71(59-39-19-5-20-40-59,60-41-21-6-22-42-60)61-43-23-7-24-44-61)67(75,51-55-31-11-1-12-32-55)69(77,53-57-35-15-3-16-36-57)70(78,54-58-37-17-4-18-38-58)68(76,52-56-33-13-2-14-34-56)66(74)72(62-45-25-8-26-46-62,63-47-27-9-28-48-63)64-49-29-10-30-50-64/h1-50,65-66,73-78H,51-54H2/t65?,66?,67-,68-,69+,70+/m1/s1. The number of rotatable bonds is 21.